The van der Waals surface area contributed by atoms with E-state index in [1.807, 2.05) is 0 Å². The second-order valence-corrected chi connectivity index (χ2v) is 6.06. The third-order valence-corrected chi connectivity index (χ3v) is 3.90. The van der Waals surface area contributed by atoms with Gasteiger partial charge in [-0.15, -0.1) is 0 Å². The Labute approximate surface area is 157 Å². The van der Waals surface area contributed by atoms with Gasteiger partial charge in [0.25, 0.3) is 17.9 Å². The number of aromatic nitrogens is 3. The van der Waals surface area contributed by atoms with Crippen molar-refractivity contribution in [2.24, 2.45) is 7.05 Å². The Morgan fingerprint density at radius 3 is 2.57 bits per heavy atom. The first-order chi connectivity index (χ1) is 13.3. The first kappa shape index (κ1) is 19.3. The molecule has 0 saturated heterocycles. The SMILES string of the molecule is Cn1nc(C(=O)Nc2ccc(Cc3cc(F)cc(C(F)F)c3)cn2)ccc1=O. The van der Waals surface area contributed by atoms with Crippen LogP contribution in [0.1, 0.15) is 33.6 Å². The van der Waals surface area contributed by atoms with Crippen LogP contribution < -0.4 is 10.9 Å². The van der Waals surface area contributed by atoms with Gasteiger partial charge in [-0.25, -0.2) is 22.8 Å². The summed E-state index contributed by atoms with van der Waals surface area (Å²) in [5.74, 6) is -1.02. The molecule has 0 unspecified atom stereocenters. The van der Waals surface area contributed by atoms with Crippen LogP contribution in [-0.2, 0) is 13.5 Å². The summed E-state index contributed by atoms with van der Waals surface area (Å²) < 4.78 is 40.1. The zero-order valence-electron chi connectivity index (χ0n) is 14.7. The molecular formula is C19H15F3N4O2. The number of anilines is 1. The van der Waals surface area contributed by atoms with Crippen LogP contribution in [0.4, 0.5) is 19.0 Å². The van der Waals surface area contributed by atoms with Crippen LogP contribution in [0.2, 0.25) is 0 Å². The van der Waals surface area contributed by atoms with Crippen molar-refractivity contribution >= 4 is 11.7 Å². The molecule has 1 N–H and O–H groups in total. The second kappa shape index (κ2) is 8.03. The Balaban J connectivity index is 1.70. The molecule has 0 spiro atoms. The van der Waals surface area contributed by atoms with Crippen molar-refractivity contribution < 1.29 is 18.0 Å². The van der Waals surface area contributed by atoms with E-state index in [1.165, 1.54) is 43.6 Å². The summed E-state index contributed by atoms with van der Waals surface area (Å²) in [4.78, 5) is 27.6. The van der Waals surface area contributed by atoms with E-state index in [4.69, 9.17) is 0 Å². The van der Waals surface area contributed by atoms with Crippen molar-refractivity contribution in [2.75, 3.05) is 5.32 Å². The summed E-state index contributed by atoms with van der Waals surface area (Å²) in [6.45, 7) is 0. The molecule has 1 amide bonds. The lowest BCUT2D eigenvalue weighted by atomic mass is 10.0. The Kier molecular flexibility index (Phi) is 5.53. The highest BCUT2D eigenvalue weighted by molar-refractivity contribution is 6.02. The van der Waals surface area contributed by atoms with E-state index in [-0.39, 0.29) is 29.1 Å². The number of nitrogens with zero attached hydrogens (tertiary/aromatic N) is 3. The van der Waals surface area contributed by atoms with Gasteiger partial charge in [-0.3, -0.25) is 9.59 Å². The zero-order valence-corrected chi connectivity index (χ0v) is 14.7. The average Bonchev–Trinajstić information content (AvgIpc) is 2.65. The van der Waals surface area contributed by atoms with E-state index < -0.39 is 18.1 Å². The van der Waals surface area contributed by atoms with Gasteiger partial charge in [0.05, 0.1) is 0 Å². The number of halogens is 3. The molecule has 0 bridgehead atoms. The molecule has 0 atom stereocenters. The Morgan fingerprint density at radius 2 is 1.93 bits per heavy atom. The standard InChI is InChI=1S/C19H15F3N4O2/c1-26-17(27)5-3-15(25-26)19(28)24-16-4-2-11(10-23-16)6-12-7-13(18(21)22)9-14(20)8-12/h2-5,7-10,18H,6H2,1H3,(H,23,24,28). The van der Waals surface area contributed by atoms with Gasteiger partial charge in [-0.1, -0.05) is 6.07 Å². The molecule has 0 aliphatic heterocycles. The van der Waals surface area contributed by atoms with Crippen LogP contribution in [0.25, 0.3) is 0 Å². The quantitative estimate of drug-likeness (QED) is 0.729. The highest BCUT2D eigenvalue weighted by Crippen LogP contribution is 2.22. The van der Waals surface area contributed by atoms with Gasteiger partial charge in [0.2, 0.25) is 0 Å². The number of nitrogens with one attached hydrogen (secondary N) is 1. The molecule has 3 aromatic rings. The van der Waals surface area contributed by atoms with E-state index in [0.29, 0.717) is 11.1 Å². The topological polar surface area (TPSA) is 76.9 Å². The van der Waals surface area contributed by atoms with Crippen LogP contribution in [0.3, 0.4) is 0 Å². The summed E-state index contributed by atoms with van der Waals surface area (Å²) >= 11 is 0. The van der Waals surface area contributed by atoms with Crippen LogP contribution in [0.15, 0.2) is 53.5 Å². The number of hydrogen-bond acceptors (Lipinski definition) is 4. The van der Waals surface area contributed by atoms with Gasteiger partial charge < -0.3 is 5.32 Å². The highest BCUT2D eigenvalue weighted by atomic mass is 19.3. The first-order valence-corrected chi connectivity index (χ1v) is 8.20. The van der Waals surface area contributed by atoms with Gasteiger partial charge in [-0.2, -0.15) is 5.10 Å². The molecular weight excluding hydrogens is 373 g/mol. The van der Waals surface area contributed by atoms with Crippen molar-refractivity contribution in [3.05, 3.63) is 87.2 Å². The number of benzene rings is 1. The van der Waals surface area contributed by atoms with Gasteiger partial charge in [0.1, 0.15) is 17.3 Å². The maximum Gasteiger partial charge on any atom is 0.277 e. The lowest BCUT2D eigenvalue weighted by Crippen LogP contribution is -2.23. The summed E-state index contributed by atoms with van der Waals surface area (Å²) in [6, 6.07) is 8.94. The average molecular weight is 388 g/mol. The fourth-order valence-corrected chi connectivity index (χ4v) is 2.55. The lowest BCUT2D eigenvalue weighted by Gasteiger charge is -2.08. The maximum atomic E-state index is 13.5. The van der Waals surface area contributed by atoms with Crippen LogP contribution in [0, 0.1) is 5.82 Å². The largest absolute Gasteiger partial charge is 0.305 e. The fourth-order valence-electron chi connectivity index (χ4n) is 2.55. The number of rotatable bonds is 5. The fraction of sp³-hybridized carbons (Fsp3) is 0.158. The summed E-state index contributed by atoms with van der Waals surface area (Å²) in [5.41, 5.74) is 0.377. The number of aryl methyl sites for hydroxylation is 1. The Bertz CT molecular complexity index is 1070. The number of carbonyl (C=O) groups excluding carboxylic acids is 1. The molecule has 6 nitrogen and oxygen atoms in total. The molecule has 9 heteroatoms. The predicted octanol–water partition coefficient (Wildman–Crippen LogP) is 3.10. The molecule has 0 aliphatic rings. The van der Waals surface area contributed by atoms with Crippen LogP contribution in [0.5, 0.6) is 0 Å². The van der Waals surface area contributed by atoms with Crippen LogP contribution >= 0.6 is 0 Å². The van der Waals surface area contributed by atoms with Crippen molar-refractivity contribution in [2.45, 2.75) is 12.8 Å². The Morgan fingerprint density at radius 1 is 1.14 bits per heavy atom. The molecule has 0 aliphatic carbocycles. The number of pyridine rings is 1. The minimum absolute atomic E-state index is 0.0484. The number of hydrogen-bond donors (Lipinski definition) is 1. The maximum absolute atomic E-state index is 13.5. The van der Waals surface area contributed by atoms with Gasteiger partial charge in [-0.05, 0) is 47.9 Å². The third kappa shape index (κ3) is 4.61. The van der Waals surface area contributed by atoms with Crippen LogP contribution in [-0.4, -0.2) is 20.7 Å². The number of amides is 1. The summed E-state index contributed by atoms with van der Waals surface area (Å²) in [5, 5.41) is 6.38. The van der Waals surface area contributed by atoms with E-state index in [9.17, 15) is 22.8 Å². The van der Waals surface area contributed by atoms with Crippen molar-refractivity contribution in [1.29, 1.82) is 0 Å². The molecule has 3 rings (SSSR count). The third-order valence-electron chi connectivity index (χ3n) is 3.90. The van der Waals surface area contributed by atoms with Crippen molar-refractivity contribution in [1.82, 2.24) is 14.8 Å². The summed E-state index contributed by atoms with van der Waals surface area (Å²) in [6.07, 6.45) is -1.09. The van der Waals surface area contributed by atoms with Gasteiger partial charge in [0, 0.05) is 24.9 Å². The Hall–Kier alpha value is -3.49. The number of alkyl halides is 2. The minimum Gasteiger partial charge on any atom is -0.305 e. The molecule has 2 heterocycles. The molecule has 1 aromatic carbocycles. The second-order valence-electron chi connectivity index (χ2n) is 6.06. The highest BCUT2D eigenvalue weighted by Gasteiger charge is 2.12. The van der Waals surface area contributed by atoms with Crippen molar-refractivity contribution in [3.63, 3.8) is 0 Å². The number of carbonyl (C=O) groups is 1. The predicted molar refractivity (Wildman–Crippen MR) is 95.8 cm³/mol. The van der Waals surface area contributed by atoms with E-state index in [0.717, 1.165) is 10.7 Å². The van der Waals surface area contributed by atoms with Crippen molar-refractivity contribution in [3.8, 4) is 0 Å². The molecule has 0 radical (unpaired) electrons. The monoisotopic (exact) mass is 388 g/mol. The molecule has 0 saturated carbocycles. The minimum atomic E-state index is -2.75. The molecule has 0 fully saturated rings. The van der Waals surface area contributed by atoms with E-state index >= 15 is 0 Å². The molecule has 144 valence electrons. The zero-order chi connectivity index (χ0) is 20.3. The van der Waals surface area contributed by atoms with Gasteiger partial charge in [0.15, 0.2) is 0 Å². The first-order valence-electron chi connectivity index (χ1n) is 8.20. The van der Waals surface area contributed by atoms with E-state index in [1.54, 1.807) is 6.07 Å². The van der Waals surface area contributed by atoms with E-state index in [2.05, 4.69) is 15.4 Å². The lowest BCUT2D eigenvalue weighted by molar-refractivity contribution is 0.101. The van der Waals surface area contributed by atoms with Gasteiger partial charge >= 0.3 is 0 Å². The molecule has 28 heavy (non-hydrogen) atoms. The molecule has 2 aromatic heterocycles. The normalized spacial score (nSPS) is 10.9. The smallest absolute Gasteiger partial charge is 0.277 e. The summed E-state index contributed by atoms with van der Waals surface area (Å²) in [7, 11) is 1.43.